The molecule has 0 saturated carbocycles. The lowest BCUT2D eigenvalue weighted by atomic mass is 10.2. The largest absolute Gasteiger partial charge is 0.491 e. The van der Waals surface area contributed by atoms with E-state index in [2.05, 4.69) is 16.0 Å². The third kappa shape index (κ3) is 6.33. The van der Waals surface area contributed by atoms with Gasteiger partial charge in [0, 0.05) is 22.6 Å². The van der Waals surface area contributed by atoms with Crippen molar-refractivity contribution in [1.82, 2.24) is 5.32 Å². The zero-order valence-corrected chi connectivity index (χ0v) is 17.1. The number of hydrogen-bond donors (Lipinski definition) is 3. The summed E-state index contributed by atoms with van der Waals surface area (Å²) in [4.78, 5) is 12.4. The van der Waals surface area contributed by atoms with Crippen molar-refractivity contribution in [2.45, 2.75) is 20.0 Å². The molecular weight excluding hydrogens is 382 g/mol. The molecule has 3 aromatic carbocycles. The lowest BCUT2D eigenvalue weighted by Gasteiger charge is -2.12. The van der Waals surface area contributed by atoms with Gasteiger partial charge in [0.15, 0.2) is 5.11 Å². The van der Waals surface area contributed by atoms with Crippen LogP contribution in [0.5, 0.6) is 5.75 Å². The Labute approximate surface area is 176 Å². The average Bonchev–Trinajstić information content (AvgIpc) is 2.70. The van der Waals surface area contributed by atoms with Crippen LogP contribution in [0.4, 0.5) is 17.1 Å². The number of carbonyl (C=O) groups is 1. The molecule has 0 saturated heterocycles. The molecule has 148 valence electrons. The van der Waals surface area contributed by atoms with Crippen LogP contribution in [0.15, 0.2) is 78.9 Å². The number of benzene rings is 3. The van der Waals surface area contributed by atoms with E-state index in [4.69, 9.17) is 17.0 Å². The van der Waals surface area contributed by atoms with E-state index < -0.39 is 0 Å². The highest BCUT2D eigenvalue weighted by molar-refractivity contribution is 7.80. The Morgan fingerprint density at radius 1 is 0.862 bits per heavy atom. The van der Waals surface area contributed by atoms with Crippen molar-refractivity contribution in [2.24, 2.45) is 0 Å². The van der Waals surface area contributed by atoms with Gasteiger partial charge in [-0.3, -0.25) is 10.1 Å². The van der Waals surface area contributed by atoms with Gasteiger partial charge in [-0.05, 0) is 80.7 Å². The second kappa shape index (κ2) is 9.71. The molecule has 5 nitrogen and oxygen atoms in total. The first-order valence-electron chi connectivity index (χ1n) is 9.31. The van der Waals surface area contributed by atoms with Gasteiger partial charge in [0.05, 0.1) is 6.10 Å². The predicted octanol–water partition coefficient (Wildman–Crippen LogP) is 5.34. The minimum Gasteiger partial charge on any atom is -0.491 e. The minimum absolute atomic E-state index is 0.0374. The van der Waals surface area contributed by atoms with Crippen LogP contribution in [-0.4, -0.2) is 17.1 Å². The third-order valence-electron chi connectivity index (χ3n) is 3.90. The van der Waals surface area contributed by atoms with Crippen LogP contribution in [0.3, 0.4) is 0 Å². The zero-order valence-electron chi connectivity index (χ0n) is 16.3. The summed E-state index contributed by atoms with van der Waals surface area (Å²) in [6, 6.07) is 24.6. The summed E-state index contributed by atoms with van der Waals surface area (Å²) in [5, 5.41) is 9.26. The number of carbonyl (C=O) groups excluding carboxylic acids is 1. The van der Waals surface area contributed by atoms with Gasteiger partial charge in [-0.2, -0.15) is 0 Å². The Morgan fingerprint density at radius 3 is 2.21 bits per heavy atom. The minimum atomic E-state index is -0.293. The van der Waals surface area contributed by atoms with Crippen molar-refractivity contribution in [3.63, 3.8) is 0 Å². The first kappa shape index (κ1) is 20.4. The van der Waals surface area contributed by atoms with E-state index in [9.17, 15) is 4.79 Å². The third-order valence-corrected chi connectivity index (χ3v) is 4.10. The standard InChI is InChI=1S/C23H23N3O2S/c1-16(2)28-21-10-6-7-17(15-21)22(27)26-23(29)25-20-13-11-19(12-14-20)24-18-8-4-3-5-9-18/h3-16,24H,1-2H3,(H2,25,26,27,29). The van der Waals surface area contributed by atoms with Crippen molar-refractivity contribution < 1.29 is 9.53 Å². The number of amides is 1. The Balaban J connectivity index is 1.55. The molecule has 0 aliphatic rings. The molecule has 29 heavy (non-hydrogen) atoms. The lowest BCUT2D eigenvalue weighted by Crippen LogP contribution is -2.34. The van der Waals surface area contributed by atoms with Gasteiger partial charge in [0.1, 0.15) is 5.75 Å². The molecule has 0 spiro atoms. The fourth-order valence-electron chi connectivity index (χ4n) is 2.65. The molecule has 0 heterocycles. The molecule has 0 bridgehead atoms. The van der Waals surface area contributed by atoms with Gasteiger partial charge >= 0.3 is 0 Å². The molecule has 3 N–H and O–H groups in total. The van der Waals surface area contributed by atoms with Gasteiger partial charge in [-0.15, -0.1) is 0 Å². The summed E-state index contributed by atoms with van der Waals surface area (Å²) >= 11 is 5.26. The van der Waals surface area contributed by atoms with Crippen LogP contribution in [0.2, 0.25) is 0 Å². The fourth-order valence-corrected chi connectivity index (χ4v) is 2.86. The van der Waals surface area contributed by atoms with Gasteiger partial charge in [-0.1, -0.05) is 24.3 Å². The molecule has 0 radical (unpaired) electrons. The molecule has 0 unspecified atom stereocenters. The van der Waals surface area contributed by atoms with Crippen LogP contribution in [0.25, 0.3) is 0 Å². The Hall–Kier alpha value is -3.38. The predicted molar refractivity (Wildman–Crippen MR) is 122 cm³/mol. The molecular formula is C23H23N3O2S. The summed E-state index contributed by atoms with van der Waals surface area (Å²) in [6.45, 7) is 3.87. The number of ether oxygens (including phenoxy) is 1. The number of thiocarbonyl (C=S) groups is 1. The van der Waals surface area contributed by atoms with Gasteiger partial charge in [0.25, 0.3) is 5.91 Å². The molecule has 0 aromatic heterocycles. The Morgan fingerprint density at radius 2 is 1.52 bits per heavy atom. The van der Waals surface area contributed by atoms with E-state index in [1.54, 1.807) is 18.2 Å². The molecule has 1 amide bonds. The van der Waals surface area contributed by atoms with E-state index in [1.165, 1.54) is 0 Å². The lowest BCUT2D eigenvalue weighted by molar-refractivity contribution is 0.0977. The van der Waals surface area contributed by atoms with Crippen molar-refractivity contribution in [3.8, 4) is 5.75 Å². The highest BCUT2D eigenvalue weighted by Crippen LogP contribution is 2.19. The number of anilines is 3. The van der Waals surface area contributed by atoms with Crippen LogP contribution >= 0.6 is 12.2 Å². The van der Waals surface area contributed by atoms with E-state index in [1.807, 2.05) is 74.5 Å². The molecule has 0 fully saturated rings. The molecule has 6 heteroatoms. The summed E-state index contributed by atoms with van der Waals surface area (Å²) < 4.78 is 5.62. The molecule has 0 atom stereocenters. The van der Waals surface area contributed by atoms with E-state index in [0.717, 1.165) is 17.1 Å². The summed E-state index contributed by atoms with van der Waals surface area (Å²) in [6.07, 6.45) is 0.0374. The highest BCUT2D eigenvalue weighted by Gasteiger charge is 2.10. The highest BCUT2D eigenvalue weighted by atomic mass is 32.1. The number of para-hydroxylation sites is 1. The van der Waals surface area contributed by atoms with Gasteiger partial charge in [-0.25, -0.2) is 0 Å². The number of hydrogen-bond acceptors (Lipinski definition) is 4. The summed E-state index contributed by atoms with van der Waals surface area (Å²) in [5.41, 5.74) is 3.24. The van der Waals surface area contributed by atoms with Crippen molar-refractivity contribution >= 4 is 40.3 Å². The second-order valence-electron chi connectivity index (χ2n) is 6.67. The maximum Gasteiger partial charge on any atom is 0.257 e. The van der Waals surface area contributed by atoms with E-state index >= 15 is 0 Å². The fraction of sp³-hybridized carbons (Fsp3) is 0.130. The topological polar surface area (TPSA) is 62.4 Å². The summed E-state index contributed by atoms with van der Waals surface area (Å²) in [5.74, 6) is 0.354. The van der Waals surface area contributed by atoms with Crippen LogP contribution in [0, 0.1) is 0 Å². The number of nitrogens with one attached hydrogen (secondary N) is 3. The van der Waals surface area contributed by atoms with Crippen LogP contribution in [-0.2, 0) is 0 Å². The number of rotatable bonds is 6. The van der Waals surface area contributed by atoms with Crippen molar-refractivity contribution in [1.29, 1.82) is 0 Å². The Kier molecular flexibility index (Phi) is 6.81. The first-order valence-corrected chi connectivity index (χ1v) is 9.71. The normalized spacial score (nSPS) is 10.3. The Bertz CT molecular complexity index is 973. The average molecular weight is 406 g/mol. The van der Waals surface area contributed by atoms with Crippen molar-refractivity contribution in [2.75, 3.05) is 10.6 Å². The van der Waals surface area contributed by atoms with Gasteiger partial charge in [0.2, 0.25) is 0 Å². The van der Waals surface area contributed by atoms with Crippen LogP contribution < -0.4 is 20.7 Å². The smallest absolute Gasteiger partial charge is 0.257 e. The maximum absolute atomic E-state index is 12.4. The maximum atomic E-state index is 12.4. The van der Waals surface area contributed by atoms with Gasteiger partial charge < -0.3 is 15.4 Å². The first-order chi connectivity index (χ1) is 14.0. The van der Waals surface area contributed by atoms with Crippen molar-refractivity contribution in [3.05, 3.63) is 84.4 Å². The van der Waals surface area contributed by atoms with E-state index in [-0.39, 0.29) is 17.1 Å². The van der Waals surface area contributed by atoms with Crippen LogP contribution in [0.1, 0.15) is 24.2 Å². The molecule has 0 aliphatic heterocycles. The molecule has 3 rings (SSSR count). The second-order valence-corrected chi connectivity index (χ2v) is 7.08. The van der Waals surface area contributed by atoms with E-state index in [0.29, 0.717) is 11.3 Å². The molecule has 0 aliphatic carbocycles. The quantitative estimate of drug-likeness (QED) is 0.483. The summed E-state index contributed by atoms with van der Waals surface area (Å²) in [7, 11) is 0. The monoisotopic (exact) mass is 405 g/mol. The SMILES string of the molecule is CC(C)Oc1cccc(C(=O)NC(=S)Nc2ccc(Nc3ccccc3)cc2)c1. The zero-order chi connectivity index (χ0) is 20.6. The molecule has 3 aromatic rings.